The Morgan fingerprint density at radius 1 is 1.14 bits per heavy atom. The zero-order valence-corrected chi connectivity index (χ0v) is 22.2. The second-order valence-electron chi connectivity index (χ2n) is 9.45. The van der Waals surface area contributed by atoms with E-state index >= 15 is 0 Å². The molecule has 0 unspecified atom stereocenters. The molecule has 0 fully saturated rings. The van der Waals surface area contributed by atoms with E-state index in [1.165, 1.54) is 0 Å². The van der Waals surface area contributed by atoms with Crippen LogP contribution in [0.3, 0.4) is 0 Å². The first-order valence-corrected chi connectivity index (χ1v) is 12.5. The molecule has 0 radical (unpaired) electrons. The molecule has 3 atom stereocenters. The predicted molar refractivity (Wildman–Crippen MR) is 141 cm³/mol. The zero-order valence-electron chi connectivity index (χ0n) is 22.2. The second-order valence-corrected chi connectivity index (χ2v) is 9.45. The Hall–Kier alpha value is -3.10. The number of benzene rings is 2. The van der Waals surface area contributed by atoms with Crippen molar-refractivity contribution >= 4 is 17.5 Å². The Morgan fingerprint density at radius 3 is 2.58 bits per heavy atom. The molecule has 1 aliphatic rings. The number of carbonyl (C=O) groups excluding carboxylic acids is 2. The fourth-order valence-electron chi connectivity index (χ4n) is 4.45. The standard InChI is InChI=1S/C28H39N3O5/c1-7-27(32)29-22-12-13-23-25(14-22)36-18-20(3)31(16-21-10-8-9-11-24(21)34-5)15-19(2)26(35-6)17-30(4)28(23)33/h8-14,19-20,26H,7,15-18H2,1-6H3,(H,29,32)/t19-,20+,26+/m0/s1. The Balaban J connectivity index is 1.96. The molecular formula is C28H39N3O5. The molecule has 2 amide bonds. The van der Waals surface area contributed by atoms with Gasteiger partial charge in [-0.25, -0.2) is 0 Å². The third-order valence-electron chi connectivity index (χ3n) is 6.75. The maximum absolute atomic E-state index is 13.3. The van der Waals surface area contributed by atoms with Crippen LogP contribution in [0.4, 0.5) is 5.69 Å². The summed E-state index contributed by atoms with van der Waals surface area (Å²) >= 11 is 0. The van der Waals surface area contributed by atoms with Crippen molar-refractivity contribution in [3.05, 3.63) is 53.6 Å². The van der Waals surface area contributed by atoms with Gasteiger partial charge >= 0.3 is 0 Å². The van der Waals surface area contributed by atoms with Gasteiger partial charge in [0.05, 0.1) is 18.8 Å². The number of nitrogens with zero attached hydrogens (tertiary/aromatic N) is 2. The molecule has 8 heteroatoms. The zero-order chi connectivity index (χ0) is 26.2. The highest BCUT2D eigenvalue weighted by molar-refractivity contribution is 5.98. The highest BCUT2D eigenvalue weighted by Gasteiger charge is 2.29. The minimum atomic E-state index is -0.147. The average Bonchev–Trinajstić information content (AvgIpc) is 2.89. The summed E-state index contributed by atoms with van der Waals surface area (Å²) in [6.45, 7) is 8.31. The van der Waals surface area contributed by atoms with Crippen molar-refractivity contribution in [1.29, 1.82) is 0 Å². The summed E-state index contributed by atoms with van der Waals surface area (Å²) in [7, 11) is 5.15. The number of hydrogen-bond acceptors (Lipinski definition) is 6. The van der Waals surface area contributed by atoms with Gasteiger partial charge in [0.25, 0.3) is 5.91 Å². The minimum Gasteiger partial charge on any atom is -0.496 e. The molecule has 196 valence electrons. The predicted octanol–water partition coefficient (Wildman–Crippen LogP) is 4.05. The third-order valence-corrected chi connectivity index (χ3v) is 6.75. The molecule has 0 bridgehead atoms. The number of rotatable bonds is 6. The average molecular weight is 498 g/mol. The monoisotopic (exact) mass is 497 g/mol. The quantitative estimate of drug-likeness (QED) is 0.649. The number of likely N-dealkylation sites (N-methyl/N-ethyl adjacent to an activating group) is 1. The summed E-state index contributed by atoms with van der Waals surface area (Å²) in [5.41, 5.74) is 2.15. The lowest BCUT2D eigenvalue weighted by atomic mass is 10.0. The molecule has 0 aromatic heterocycles. The van der Waals surface area contributed by atoms with Gasteiger partial charge in [-0.1, -0.05) is 32.0 Å². The van der Waals surface area contributed by atoms with Crippen LogP contribution in [0.5, 0.6) is 11.5 Å². The van der Waals surface area contributed by atoms with E-state index < -0.39 is 0 Å². The first-order chi connectivity index (χ1) is 17.3. The van der Waals surface area contributed by atoms with Gasteiger partial charge < -0.3 is 24.4 Å². The summed E-state index contributed by atoms with van der Waals surface area (Å²) < 4.78 is 17.7. The SMILES string of the molecule is CCC(=O)Nc1ccc2c(c1)OC[C@@H](C)N(Cc1ccccc1OC)C[C@H](C)[C@H](OC)CN(C)C2=O. The van der Waals surface area contributed by atoms with Crippen LogP contribution in [0.15, 0.2) is 42.5 Å². The van der Waals surface area contributed by atoms with Crippen molar-refractivity contribution in [2.45, 2.75) is 45.9 Å². The molecule has 36 heavy (non-hydrogen) atoms. The summed E-state index contributed by atoms with van der Waals surface area (Å²) in [6.07, 6.45) is 0.226. The number of carbonyl (C=O) groups is 2. The number of fused-ring (bicyclic) bond motifs is 1. The lowest BCUT2D eigenvalue weighted by Gasteiger charge is -2.36. The summed E-state index contributed by atoms with van der Waals surface area (Å²) in [5.74, 6) is 1.21. The van der Waals surface area contributed by atoms with Gasteiger partial charge in [0.1, 0.15) is 18.1 Å². The van der Waals surface area contributed by atoms with Crippen molar-refractivity contribution in [3.63, 3.8) is 0 Å². The van der Waals surface area contributed by atoms with Crippen LogP contribution in [-0.4, -0.2) is 74.7 Å². The first kappa shape index (κ1) is 27.5. The van der Waals surface area contributed by atoms with Crippen molar-refractivity contribution < 1.29 is 23.8 Å². The van der Waals surface area contributed by atoms with E-state index in [4.69, 9.17) is 14.2 Å². The molecule has 0 saturated heterocycles. The van der Waals surface area contributed by atoms with E-state index in [2.05, 4.69) is 30.1 Å². The van der Waals surface area contributed by atoms with E-state index in [9.17, 15) is 9.59 Å². The molecule has 0 spiro atoms. The molecule has 2 aromatic rings. The van der Waals surface area contributed by atoms with Gasteiger partial charge in [-0.3, -0.25) is 14.5 Å². The Bertz CT molecular complexity index is 1040. The largest absolute Gasteiger partial charge is 0.496 e. The number of anilines is 1. The number of para-hydroxylation sites is 1. The van der Waals surface area contributed by atoms with Crippen LogP contribution in [0.25, 0.3) is 0 Å². The van der Waals surface area contributed by atoms with Crippen LogP contribution in [0.1, 0.15) is 43.1 Å². The fourth-order valence-corrected chi connectivity index (χ4v) is 4.45. The molecule has 2 aromatic carbocycles. The number of amides is 2. The molecular weight excluding hydrogens is 458 g/mol. The van der Waals surface area contributed by atoms with Crippen molar-refractivity contribution in [1.82, 2.24) is 9.80 Å². The fraction of sp³-hybridized carbons (Fsp3) is 0.500. The Kier molecular flexibility index (Phi) is 9.73. The van der Waals surface area contributed by atoms with Crippen LogP contribution in [0, 0.1) is 5.92 Å². The van der Waals surface area contributed by atoms with Crippen LogP contribution in [-0.2, 0) is 16.1 Å². The molecule has 0 aliphatic carbocycles. The molecule has 8 nitrogen and oxygen atoms in total. The van der Waals surface area contributed by atoms with E-state index in [0.29, 0.717) is 43.1 Å². The van der Waals surface area contributed by atoms with Gasteiger partial charge in [0, 0.05) is 63.6 Å². The van der Waals surface area contributed by atoms with E-state index in [0.717, 1.165) is 17.9 Å². The van der Waals surface area contributed by atoms with Gasteiger partial charge in [0.2, 0.25) is 5.91 Å². The van der Waals surface area contributed by atoms with Crippen LogP contribution < -0.4 is 14.8 Å². The molecule has 0 saturated carbocycles. The lowest BCUT2D eigenvalue weighted by Crippen LogP contribution is -2.46. The Morgan fingerprint density at radius 2 is 1.89 bits per heavy atom. The van der Waals surface area contributed by atoms with Gasteiger partial charge in [0.15, 0.2) is 0 Å². The molecule has 1 aliphatic heterocycles. The number of ether oxygens (including phenoxy) is 3. The lowest BCUT2D eigenvalue weighted by molar-refractivity contribution is -0.115. The third kappa shape index (κ3) is 6.77. The molecule has 3 rings (SSSR count). The normalized spacial score (nSPS) is 21.6. The number of hydrogen-bond donors (Lipinski definition) is 1. The smallest absolute Gasteiger partial charge is 0.257 e. The van der Waals surface area contributed by atoms with E-state index in [1.54, 1.807) is 51.3 Å². The van der Waals surface area contributed by atoms with E-state index in [-0.39, 0.29) is 29.9 Å². The van der Waals surface area contributed by atoms with Gasteiger partial charge in [-0.2, -0.15) is 0 Å². The van der Waals surface area contributed by atoms with Crippen molar-refractivity contribution in [2.75, 3.05) is 46.3 Å². The van der Waals surface area contributed by atoms with Crippen molar-refractivity contribution in [3.8, 4) is 11.5 Å². The van der Waals surface area contributed by atoms with Gasteiger partial charge in [-0.05, 0) is 31.0 Å². The summed E-state index contributed by atoms with van der Waals surface area (Å²) in [5, 5.41) is 2.85. The Labute approximate surface area is 214 Å². The second kappa shape index (κ2) is 12.7. The number of methoxy groups -OCH3 is 2. The van der Waals surface area contributed by atoms with Crippen molar-refractivity contribution in [2.24, 2.45) is 5.92 Å². The highest BCUT2D eigenvalue weighted by Crippen LogP contribution is 2.28. The maximum Gasteiger partial charge on any atom is 0.257 e. The summed E-state index contributed by atoms with van der Waals surface area (Å²) in [6, 6.07) is 13.2. The van der Waals surface area contributed by atoms with Crippen LogP contribution >= 0.6 is 0 Å². The molecule has 1 N–H and O–H groups in total. The van der Waals surface area contributed by atoms with Crippen LogP contribution in [0.2, 0.25) is 0 Å². The minimum absolute atomic E-state index is 0.0314. The number of nitrogens with one attached hydrogen (secondary N) is 1. The summed E-state index contributed by atoms with van der Waals surface area (Å²) in [4.78, 5) is 29.3. The topological polar surface area (TPSA) is 80.3 Å². The highest BCUT2D eigenvalue weighted by atomic mass is 16.5. The van der Waals surface area contributed by atoms with Gasteiger partial charge in [-0.15, -0.1) is 0 Å². The van der Waals surface area contributed by atoms with E-state index in [1.807, 2.05) is 18.2 Å². The molecule has 1 heterocycles. The maximum atomic E-state index is 13.3. The first-order valence-electron chi connectivity index (χ1n) is 12.5.